The average molecular weight is 296 g/mol. The summed E-state index contributed by atoms with van der Waals surface area (Å²) in [4.78, 5) is 0. The highest BCUT2D eigenvalue weighted by atomic mass is 35.5. The molecule has 0 aromatic heterocycles. The van der Waals surface area contributed by atoms with Crippen LogP contribution < -0.4 is 10.1 Å². The van der Waals surface area contributed by atoms with E-state index in [4.69, 9.17) is 4.74 Å². The fraction of sp³-hybridized carbons (Fsp3) is 0.538. The summed E-state index contributed by atoms with van der Waals surface area (Å²) in [6, 6.07) is 5.36. The Bertz CT molecular complexity index is 392. The number of nitrogens with one attached hydrogen (secondary N) is 1. The number of ether oxygens (including phenoxy) is 1. The smallest absolute Gasteiger partial charge is 0.419 e. The molecular formula is C13H17ClF3NO. The summed E-state index contributed by atoms with van der Waals surface area (Å²) in [5.74, 6) is 0.218. The van der Waals surface area contributed by atoms with Crippen LogP contribution in [-0.2, 0) is 6.18 Å². The third-order valence-electron chi connectivity index (χ3n) is 3.07. The first-order valence-corrected chi connectivity index (χ1v) is 6.07. The van der Waals surface area contributed by atoms with Gasteiger partial charge in [-0.05, 0) is 31.5 Å². The van der Waals surface area contributed by atoms with Gasteiger partial charge in [0.05, 0.1) is 12.2 Å². The summed E-state index contributed by atoms with van der Waals surface area (Å²) >= 11 is 0. The average Bonchev–Trinajstić information content (AvgIpc) is 2.37. The molecule has 0 amide bonds. The number of halogens is 4. The van der Waals surface area contributed by atoms with Crippen LogP contribution in [0.5, 0.6) is 5.75 Å². The van der Waals surface area contributed by atoms with Crippen molar-refractivity contribution in [1.82, 2.24) is 5.32 Å². The quantitative estimate of drug-likeness (QED) is 0.921. The molecule has 0 aliphatic carbocycles. The van der Waals surface area contributed by atoms with Crippen LogP contribution in [-0.4, -0.2) is 19.7 Å². The van der Waals surface area contributed by atoms with E-state index in [2.05, 4.69) is 5.32 Å². The van der Waals surface area contributed by atoms with Crippen molar-refractivity contribution in [3.63, 3.8) is 0 Å². The Morgan fingerprint density at radius 2 is 2.00 bits per heavy atom. The van der Waals surface area contributed by atoms with E-state index in [0.717, 1.165) is 32.0 Å². The molecule has 0 radical (unpaired) electrons. The maximum atomic E-state index is 12.7. The summed E-state index contributed by atoms with van der Waals surface area (Å²) < 4.78 is 43.5. The molecule has 1 aliphatic rings. The van der Waals surface area contributed by atoms with Gasteiger partial charge in [-0.2, -0.15) is 13.2 Å². The zero-order chi connectivity index (χ0) is 13.0. The van der Waals surface area contributed by atoms with Gasteiger partial charge in [0, 0.05) is 12.5 Å². The molecule has 0 spiro atoms. The molecule has 1 aliphatic heterocycles. The molecule has 108 valence electrons. The molecule has 2 rings (SSSR count). The zero-order valence-electron chi connectivity index (χ0n) is 10.4. The van der Waals surface area contributed by atoms with Gasteiger partial charge in [-0.15, -0.1) is 12.4 Å². The van der Waals surface area contributed by atoms with Gasteiger partial charge in [0.15, 0.2) is 0 Å². The predicted octanol–water partition coefficient (Wildman–Crippen LogP) is 3.51. The van der Waals surface area contributed by atoms with Crippen molar-refractivity contribution < 1.29 is 17.9 Å². The highest BCUT2D eigenvalue weighted by Crippen LogP contribution is 2.36. The van der Waals surface area contributed by atoms with E-state index in [1.807, 2.05) is 0 Å². The van der Waals surface area contributed by atoms with Crippen LogP contribution in [0.3, 0.4) is 0 Å². The molecule has 1 fully saturated rings. The summed E-state index contributed by atoms with van der Waals surface area (Å²) in [5, 5.41) is 3.21. The number of hydrogen-bond acceptors (Lipinski definition) is 2. The van der Waals surface area contributed by atoms with Crippen molar-refractivity contribution in [3.8, 4) is 5.75 Å². The molecule has 6 heteroatoms. The number of alkyl halides is 3. The number of benzene rings is 1. The predicted molar refractivity (Wildman–Crippen MR) is 69.8 cm³/mol. The lowest BCUT2D eigenvalue weighted by atomic mass is 10.0. The molecule has 19 heavy (non-hydrogen) atoms. The molecule has 0 saturated carbocycles. The minimum atomic E-state index is -4.36. The first-order chi connectivity index (χ1) is 8.57. The highest BCUT2D eigenvalue weighted by molar-refractivity contribution is 5.85. The van der Waals surface area contributed by atoms with Crippen molar-refractivity contribution in [2.24, 2.45) is 5.92 Å². The molecule has 1 heterocycles. The van der Waals surface area contributed by atoms with E-state index in [0.29, 0.717) is 12.5 Å². The van der Waals surface area contributed by atoms with Crippen molar-refractivity contribution in [1.29, 1.82) is 0 Å². The maximum Gasteiger partial charge on any atom is 0.419 e. The van der Waals surface area contributed by atoms with E-state index in [1.54, 1.807) is 6.07 Å². The molecular weight excluding hydrogens is 279 g/mol. The molecule has 1 aromatic carbocycles. The Morgan fingerprint density at radius 1 is 1.26 bits per heavy atom. The van der Waals surface area contributed by atoms with Gasteiger partial charge in [-0.1, -0.05) is 12.1 Å². The molecule has 1 N–H and O–H groups in total. The first kappa shape index (κ1) is 16.1. The Morgan fingerprint density at radius 3 is 2.63 bits per heavy atom. The summed E-state index contributed by atoms with van der Waals surface area (Å²) in [6.07, 6.45) is -2.31. The largest absolute Gasteiger partial charge is 0.493 e. The van der Waals surface area contributed by atoms with Crippen LogP contribution in [0, 0.1) is 5.92 Å². The van der Waals surface area contributed by atoms with Crippen LogP contribution in [0.4, 0.5) is 13.2 Å². The zero-order valence-corrected chi connectivity index (χ0v) is 11.2. The van der Waals surface area contributed by atoms with Gasteiger partial charge >= 0.3 is 6.18 Å². The van der Waals surface area contributed by atoms with Crippen molar-refractivity contribution >= 4 is 12.4 Å². The van der Waals surface area contributed by atoms with Gasteiger partial charge in [0.1, 0.15) is 5.75 Å². The van der Waals surface area contributed by atoms with Crippen molar-refractivity contribution in [2.75, 3.05) is 19.7 Å². The van der Waals surface area contributed by atoms with Crippen LogP contribution >= 0.6 is 12.4 Å². The van der Waals surface area contributed by atoms with Gasteiger partial charge in [-0.3, -0.25) is 0 Å². The van der Waals surface area contributed by atoms with Gasteiger partial charge in [0.25, 0.3) is 0 Å². The third kappa shape index (κ3) is 4.58. The fourth-order valence-electron chi connectivity index (χ4n) is 2.10. The van der Waals surface area contributed by atoms with Crippen molar-refractivity contribution in [3.05, 3.63) is 29.8 Å². The summed E-state index contributed by atoms with van der Waals surface area (Å²) in [7, 11) is 0. The first-order valence-electron chi connectivity index (χ1n) is 6.07. The molecule has 1 unspecified atom stereocenters. The molecule has 1 aromatic rings. The number of para-hydroxylation sites is 1. The van der Waals surface area contributed by atoms with E-state index >= 15 is 0 Å². The minimum absolute atomic E-state index is 0. The number of hydrogen-bond donors (Lipinski definition) is 1. The summed E-state index contributed by atoms with van der Waals surface area (Å²) in [6.45, 7) is 2.13. The van der Waals surface area contributed by atoms with Crippen LogP contribution in [0.2, 0.25) is 0 Å². The monoisotopic (exact) mass is 295 g/mol. The Kier molecular flexibility index (Phi) is 5.94. The third-order valence-corrected chi connectivity index (χ3v) is 3.07. The Hall–Kier alpha value is -0.940. The SMILES string of the molecule is Cl.FC(F)(F)c1ccccc1OCC1CCCNC1. The van der Waals surface area contributed by atoms with E-state index < -0.39 is 11.7 Å². The summed E-state index contributed by atoms with van der Waals surface area (Å²) in [5.41, 5.74) is -0.700. The Balaban J connectivity index is 0.00000180. The number of rotatable bonds is 3. The van der Waals surface area contributed by atoms with Gasteiger partial charge < -0.3 is 10.1 Å². The topological polar surface area (TPSA) is 21.3 Å². The van der Waals surface area contributed by atoms with Gasteiger partial charge in [-0.25, -0.2) is 0 Å². The second kappa shape index (κ2) is 7.01. The lowest BCUT2D eigenvalue weighted by Gasteiger charge is -2.23. The molecule has 0 bridgehead atoms. The standard InChI is InChI=1S/C13H16F3NO.ClH/c14-13(15,16)11-5-1-2-6-12(11)18-9-10-4-3-7-17-8-10;/h1-2,5-6,10,17H,3-4,7-9H2;1H. The van der Waals surface area contributed by atoms with E-state index in [1.165, 1.54) is 12.1 Å². The second-order valence-corrected chi connectivity index (χ2v) is 4.52. The van der Waals surface area contributed by atoms with Crippen LogP contribution in [0.15, 0.2) is 24.3 Å². The van der Waals surface area contributed by atoms with Gasteiger partial charge in [0.2, 0.25) is 0 Å². The maximum absolute atomic E-state index is 12.7. The lowest BCUT2D eigenvalue weighted by Crippen LogP contribution is -2.33. The normalized spacial score (nSPS) is 19.6. The Labute approximate surface area is 116 Å². The molecule has 2 nitrogen and oxygen atoms in total. The van der Waals surface area contributed by atoms with Crippen LogP contribution in [0.25, 0.3) is 0 Å². The van der Waals surface area contributed by atoms with Crippen molar-refractivity contribution in [2.45, 2.75) is 19.0 Å². The molecule has 1 atom stereocenters. The highest BCUT2D eigenvalue weighted by Gasteiger charge is 2.34. The molecule has 1 saturated heterocycles. The second-order valence-electron chi connectivity index (χ2n) is 4.52. The lowest BCUT2D eigenvalue weighted by molar-refractivity contribution is -0.139. The fourth-order valence-corrected chi connectivity index (χ4v) is 2.10. The van der Waals surface area contributed by atoms with E-state index in [9.17, 15) is 13.2 Å². The van der Waals surface area contributed by atoms with Crippen LogP contribution in [0.1, 0.15) is 18.4 Å². The number of piperidine rings is 1. The minimum Gasteiger partial charge on any atom is -0.493 e. The van der Waals surface area contributed by atoms with E-state index in [-0.39, 0.29) is 18.2 Å².